The first-order chi connectivity index (χ1) is 10.8. The summed E-state index contributed by atoms with van der Waals surface area (Å²) in [7, 11) is 0. The Balaban J connectivity index is 0.00000264. The molecule has 1 atom stereocenters. The zero-order valence-electron chi connectivity index (χ0n) is 13.7. The van der Waals surface area contributed by atoms with Gasteiger partial charge in [0.05, 0.1) is 6.61 Å². The van der Waals surface area contributed by atoms with Crippen molar-refractivity contribution >= 4 is 18.3 Å². The largest absolute Gasteiger partial charge is 0.490 e. The average molecular weight is 343 g/mol. The highest BCUT2D eigenvalue weighted by Gasteiger charge is 2.13. The average Bonchev–Trinajstić information content (AvgIpc) is 2.55. The van der Waals surface area contributed by atoms with E-state index in [9.17, 15) is 4.79 Å². The van der Waals surface area contributed by atoms with Gasteiger partial charge in [-0.25, -0.2) is 0 Å². The van der Waals surface area contributed by atoms with Gasteiger partial charge in [0.1, 0.15) is 0 Å². The van der Waals surface area contributed by atoms with Gasteiger partial charge >= 0.3 is 0 Å². The van der Waals surface area contributed by atoms with Crippen LogP contribution in [-0.2, 0) is 4.79 Å². The molecule has 1 aliphatic heterocycles. The summed E-state index contributed by atoms with van der Waals surface area (Å²) in [5.41, 5.74) is 0. The van der Waals surface area contributed by atoms with Crippen LogP contribution in [0, 0.1) is 5.92 Å². The molecule has 23 heavy (non-hydrogen) atoms. The van der Waals surface area contributed by atoms with Crippen molar-refractivity contribution in [2.75, 3.05) is 32.8 Å². The van der Waals surface area contributed by atoms with Crippen LogP contribution in [0.15, 0.2) is 24.3 Å². The minimum Gasteiger partial charge on any atom is -0.490 e. The minimum atomic E-state index is -0.0879. The molecule has 1 fully saturated rings. The van der Waals surface area contributed by atoms with Crippen LogP contribution >= 0.6 is 12.4 Å². The second kappa shape index (κ2) is 11.1. The summed E-state index contributed by atoms with van der Waals surface area (Å²) in [6.45, 7) is 5.41. The maximum Gasteiger partial charge on any atom is 0.257 e. The normalized spacial score (nSPS) is 17.0. The molecule has 0 spiro atoms. The highest BCUT2D eigenvalue weighted by atomic mass is 35.5. The van der Waals surface area contributed by atoms with Gasteiger partial charge in [0.25, 0.3) is 5.91 Å². The molecule has 0 saturated carbocycles. The van der Waals surface area contributed by atoms with Crippen LogP contribution in [-0.4, -0.2) is 38.8 Å². The third-order valence-corrected chi connectivity index (χ3v) is 3.78. The van der Waals surface area contributed by atoms with E-state index in [0.717, 1.165) is 19.5 Å². The van der Waals surface area contributed by atoms with E-state index in [4.69, 9.17) is 9.47 Å². The third-order valence-electron chi connectivity index (χ3n) is 3.78. The lowest BCUT2D eigenvalue weighted by Crippen LogP contribution is -2.34. The van der Waals surface area contributed by atoms with Crippen LogP contribution in [0.1, 0.15) is 26.2 Å². The van der Waals surface area contributed by atoms with Crippen molar-refractivity contribution in [3.63, 3.8) is 0 Å². The molecule has 0 aromatic heterocycles. The van der Waals surface area contributed by atoms with Crippen molar-refractivity contribution in [1.82, 2.24) is 10.6 Å². The Bertz CT molecular complexity index is 465. The topological polar surface area (TPSA) is 59.6 Å². The summed E-state index contributed by atoms with van der Waals surface area (Å²) in [4.78, 5) is 11.8. The van der Waals surface area contributed by atoms with Gasteiger partial charge in [-0.3, -0.25) is 4.79 Å². The number of piperidine rings is 1. The fourth-order valence-corrected chi connectivity index (χ4v) is 2.62. The molecule has 1 saturated heterocycles. The van der Waals surface area contributed by atoms with Gasteiger partial charge in [-0.1, -0.05) is 12.1 Å². The molecule has 2 N–H and O–H groups in total. The Morgan fingerprint density at radius 1 is 1.30 bits per heavy atom. The molecule has 1 aromatic carbocycles. The molecule has 0 bridgehead atoms. The highest BCUT2D eigenvalue weighted by Crippen LogP contribution is 2.26. The van der Waals surface area contributed by atoms with Crippen LogP contribution in [0.3, 0.4) is 0 Å². The predicted molar refractivity (Wildman–Crippen MR) is 93.6 cm³/mol. The smallest absolute Gasteiger partial charge is 0.257 e. The zero-order valence-corrected chi connectivity index (χ0v) is 14.5. The predicted octanol–water partition coefficient (Wildman–Crippen LogP) is 2.39. The van der Waals surface area contributed by atoms with Crippen LogP contribution in [0.4, 0.5) is 0 Å². The number of carbonyl (C=O) groups excluding carboxylic acids is 1. The molecule has 1 aromatic rings. The molecule has 6 heteroatoms. The van der Waals surface area contributed by atoms with Crippen molar-refractivity contribution in [1.29, 1.82) is 0 Å². The zero-order chi connectivity index (χ0) is 15.6. The molecular weight excluding hydrogens is 316 g/mol. The molecule has 0 radical (unpaired) electrons. The van der Waals surface area contributed by atoms with E-state index in [1.165, 1.54) is 12.8 Å². The summed E-state index contributed by atoms with van der Waals surface area (Å²) in [6.07, 6.45) is 3.51. The van der Waals surface area contributed by atoms with E-state index in [1.54, 1.807) is 0 Å². The summed E-state index contributed by atoms with van der Waals surface area (Å²) >= 11 is 0. The maximum atomic E-state index is 11.8. The van der Waals surface area contributed by atoms with E-state index in [1.807, 2.05) is 31.2 Å². The Hall–Kier alpha value is -1.46. The van der Waals surface area contributed by atoms with Gasteiger partial charge in [-0.2, -0.15) is 0 Å². The Morgan fingerprint density at radius 3 is 2.70 bits per heavy atom. The molecule has 130 valence electrons. The highest BCUT2D eigenvalue weighted by molar-refractivity contribution is 5.85. The summed E-state index contributed by atoms with van der Waals surface area (Å²) in [5.74, 6) is 1.87. The van der Waals surface area contributed by atoms with Gasteiger partial charge < -0.3 is 20.1 Å². The molecular formula is C17H27ClN2O3. The van der Waals surface area contributed by atoms with E-state index in [-0.39, 0.29) is 24.9 Å². The Kier molecular flexibility index (Phi) is 9.48. The molecule has 1 heterocycles. The SMILES string of the molecule is CCOc1ccccc1OCC(=O)NCCC1CCCNC1.Cl. The number of nitrogens with one attached hydrogen (secondary N) is 2. The number of hydrogen-bond acceptors (Lipinski definition) is 4. The van der Waals surface area contributed by atoms with E-state index >= 15 is 0 Å². The van der Waals surface area contributed by atoms with E-state index in [0.29, 0.717) is 30.6 Å². The number of rotatable bonds is 8. The van der Waals surface area contributed by atoms with Crippen molar-refractivity contribution in [2.45, 2.75) is 26.2 Å². The van der Waals surface area contributed by atoms with Crippen LogP contribution in [0.2, 0.25) is 0 Å². The maximum absolute atomic E-state index is 11.8. The lowest BCUT2D eigenvalue weighted by Gasteiger charge is -2.22. The molecule has 1 aliphatic rings. The minimum absolute atomic E-state index is 0. The monoisotopic (exact) mass is 342 g/mol. The van der Waals surface area contributed by atoms with Crippen LogP contribution < -0.4 is 20.1 Å². The number of ether oxygens (including phenoxy) is 2. The summed E-state index contributed by atoms with van der Waals surface area (Å²) in [5, 5.41) is 6.31. The summed E-state index contributed by atoms with van der Waals surface area (Å²) in [6, 6.07) is 7.40. The second-order valence-electron chi connectivity index (χ2n) is 5.52. The van der Waals surface area contributed by atoms with E-state index < -0.39 is 0 Å². The molecule has 5 nitrogen and oxygen atoms in total. The van der Waals surface area contributed by atoms with E-state index in [2.05, 4.69) is 10.6 Å². The van der Waals surface area contributed by atoms with Crippen LogP contribution in [0.25, 0.3) is 0 Å². The molecule has 2 rings (SSSR count). The first-order valence-electron chi connectivity index (χ1n) is 8.11. The first-order valence-corrected chi connectivity index (χ1v) is 8.11. The third kappa shape index (κ3) is 7.10. The van der Waals surface area contributed by atoms with Gasteiger partial charge in [0, 0.05) is 6.54 Å². The number of halogens is 1. The number of carbonyl (C=O) groups is 1. The van der Waals surface area contributed by atoms with Gasteiger partial charge in [0.2, 0.25) is 0 Å². The van der Waals surface area contributed by atoms with Crippen LogP contribution in [0.5, 0.6) is 11.5 Å². The standard InChI is InChI=1S/C17H26N2O3.ClH/c1-2-21-15-7-3-4-8-16(15)22-13-17(20)19-11-9-14-6-5-10-18-12-14;/h3-4,7-8,14,18H,2,5-6,9-13H2,1H3,(H,19,20);1H. The Labute approximate surface area is 144 Å². The van der Waals surface area contributed by atoms with Crippen molar-refractivity contribution in [3.05, 3.63) is 24.3 Å². The molecule has 1 unspecified atom stereocenters. The number of benzene rings is 1. The fourth-order valence-electron chi connectivity index (χ4n) is 2.62. The summed E-state index contributed by atoms with van der Waals surface area (Å²) < 4.78 is 11.0. The van der Waals surface area contributed by atoms with Crippen molar-refractivity contribution in [3.8, 4) is 11.5 Å². The number of amides is 1. The quantitative estimate of drug-likeness (QED) is 0.761. The Morgan fingerprint density at radius 2 is 2.04 bits per heavy atom. The first kappa shape index (κ1) is 19.6. The second-order valence-corrected chi connectivity index (χ2v) is 5.52. The lowest BCUT2D eigenvalue weighted by atomic mass is 9.96. The fraction of sp³-hybridized carbons (Fsp3) is 0.588. The number of hydrogen-bond donors (Lipinski definition) is 2. The molecule has 1 amide bonds. The molecule has 0 aliphatic carbocycles. The lowest BCUT2D eigenvalue weighted by molar-refractivity contribution is -0.123. The van der Waals surface area contributed by atoms with Gasteiger partial charge in [-0.15, -0.1) is 12.4 Å². The van der Waals surface area contributed by atoms with Crippen molar-refractivity contribution < 1.29 is 14.3 Å². The number of para-hydroxylation sites is 2. The van der Waals surface area contributed by atoms with Gasteiger partial charge in [-0.05, 0) is 57.3 Å². The van der Waals surface area contributed by atoms with Crippen molar-refractivity contribution in [2.24, 2.45) is 5.92 Å². The van der Waals surface area contributed by atoms with Gasteiger partial charge in [0.15, 0.2) is 18.1 Å².